The highest BCUT2D eigenvalue weighted by molar-refractivity contribution is 5.27. The van der Waals surface area contributed by atoms with Gasteiger partial charge in [0.25, 0.3) is 0 Å². The van der Waals surface area contributed by atoms with Crippen molar-refractivity contribution in [1.82, 2.24) is 0 Å². The van der Waals surface area contributed by atoms with Crippen LogP contribution in [-0.4, -0.2) is 0 Å². The molecule has 1 aliphatic carbocycles. The van der Waals surface area contributed by atoms with Gasteiger partial charge in [0.1, 0.15) is 0 Å². The fourth-order valence-corrected chi connectivity index (χ4v) is 1.16. The summed E-state index contributed by atoms with van der Waals surface area (Å²) < 4.78 is 0. The predicted molar refractivity (Wildman–Crippen MR) is 45.8 cm³/mol. The van der Waals surface area contributed by atoms with Crippen molar-refractivity contribution in [2.24, 2.45) is 11.8 Å². The van der Waals surface area contributed by atoms with Crippen LogP contribution >= 0.6 is 0 Å². The van der Waals surface area contributed by atoms with Gasteiger partial charge >= 0.3 is 0 Å². The van der Waals surface area contributed by atoms with E-state index in [0.717, 1.165) is 6.42 Å². The van der Waals surface area contributed by atoms with Crippen LogP contribution in [0.4, 0.5) is 0 Å². The number of hydrogen-bond donors (Lipinski definition) is 0. The number of nitrogens with zero attached hydrogens (tertiary/aromatic N) is 1. The maximum Gasteiger partial charge on any atom is 0.0700 e. The Morgan fingerprint density at radius 3 is 2.73 bits per heavy atom. The highest BCUT2D eigenvalue weighted by Gasteiger charge is 2.08. The van der Waals surface area contributed by atoms with Gasteiger partial charge in [-0.1, -0.05) is 32.1 Å². The minimum Gasteiger partial charge on any atom is -0.198 e. The zero-order valence-electron chi connectivity index (χ0n) is 7.04. The Kier molecular flexibility index (Phi) is 2.48. The Balaban J connectivity index is 2.61. The van der Waals surface area contributed by atoms with E-state index in [4.69, 9.17) is 5.26 Å². The van der Waals surface area contributed by atoms with Crippen molar-refractivity contribution >= 4 is 0 Å². The quantitative estimate of drug-likeness (QED) is 0.559. The molecule has 1 nitrogen and oxygen atoms in total. The topological polar surface area (TPSA) is 23.8 Å². The third-order valence-electron chi connectivity index (χ3n) is 1.96. The van der Waals surface area contributed by atoms with E-state index in [2.05, 4.69) is 32.1 Å². The molecule has 0 saturated heterocycles. The SMILES string of the molecule is CC(C)C1=CCC(C#N)C=C1. The maximum absolute atomic E-state index is 8.59. The lowest BCUT2D eigenvalue weighted by Gasteiger charge is -2.12. The van der Waals surface area contributed by atoms with E-state index >= 15 is 0 Å². The van der Waals surface area contributed by atoms with E-state index in [-0.39, 0.29) is 5.92 Å². The Morgan fingerprint density at radius 1 is 1.64 bits per heavy atom. The molecule has 0 fully saturated rings. The second kappa shape index (κ2) is 3.39. The van der Waals surface area contributed by atoms with Gasteiger partial charge in [-0.05, 0) is 17.9 Å². The van der Waals surface area contributed by atoms with Crippen LogP contribution in [0, 0.1) is 23.2 Å². The normalized spacial score (nSPS) is 23.1. The molecule has 0 saturated carbocycles. The van der Waals surface area contributed by atoms with Crippen LogP contribution in [0.2, 0.25) is 0 Å². The average molecular weight is 147 g/mol. The summed E-state index contributed by atoms with van der Waals surface area (Å²) in [6.45, 7) is 4.34. The molecule has 0 aliphatic heterocycles. The third kappa shape index (κ3) is 1.94. The molecular formula is C10H13N. The summed E-state index contributed by atoms with van der Waals surface area (Å²) in [5.41, 5.74) is 1.36. The Bertz CT molecular complexity index is 228. The molecule has 0 aromatic heterocycles. The number of allylic oxidation sites excluding steroid dienone is 4. The van der Waals surface area contributed by atoms with Crippen LogP contribution < -0.4 is 0 Å². The molecule has 0 heterocycles. The van der Waals surface area contributed by atoms with Crippen LogP contribution in [0.15, 0.2) is 23.8 Å². The van der Waals surface area contributed by atoms with Crippen LogP contribution in [0.3, 0.4) is 0 Å². The fourth-order valence-electron chi connectivity index (χ4n) is 1.16. The highest BCUT2D eigenvalue weighted by atomic mass is 14.3. The zero-order chi connectivity index (χ0) is 8.27. The van der Waals surface area contributed by atoms with Gasteiger partial charge in [-0.15, -0.1) is 0 Å². The predicted octanol–water partition coefficient (Wildman–Crippen LogP) is 2.67. The minimum atomic E-state index is 0.109. The smallest absolute Gasteiger partial charge is 0.0700 e. The minimum absolute atomic E-state index is 0.109. The summed E-state index contributed by atoms with van der Waals surface area (Å²) >= 11 is 0. The zero-order valence-corrected chi connectivity index (χ0v) is 7.04. The second-order valence-corrected chi connectivity index (χ2v) is 3.19. The Labute approximate surface area is 68.0 Å². The van der Waals surface area contributed by atoms with Crippen molar-refractivity contribution < 1.29 is 0 Å². The first-order valence-corrected chi connectivity index (χ1v) is 4.02. The lowest BCUT2D eigenvalue weighted by atomic mass is 9.92. The van der Waals surface area contributed by atoms with E-state index in [9.17, 15) is 0 Å². The number of hydrogen-bond acceptors (Lipinski definition) is 1. The van der Waals surface area contributed by atoms with Crippen molar-refractivity contribution in [2.45, 2.75) is 20.3 Å². The Morgan fingerprint density at radius 2 is 2.36 bits per heavy atom. The summed E-state index contributed by atoms with van der Waals surface area (Å²) in [5.74, 6) is 0.698. The van der Waals surface area contributed by atoms with Gasteiger partial charge in [0.15, 0.2) is 0 Å². The summed E-state index contributed by atoms with van der Waals surface area (Å²) in [4.78, 5) is 0. The van der Waals surface area contributed by atoms with Crippen LogP contribution in [-0.2, 0) is 0 Å². The van der Waals surface area contributed by atoms with Crippen molar-refractivity contribution in [2.75, 3.05) is 0 Å². The van der Waals surface area contributed by atoms with Gasteiger partial charge in [-0.2, -0.15) is 5.26 Å². The van der Waals surface area contributed by atoms with Crippen molar-refractivity contribution in [3.63, 3.8) is 0 Å². The summed E-state index contributed by atoms with van der Waals surface area (Å²) in [6.07, 6.45) is 7.12. The number of rotatable bonds is 1. The van der Waals surface area contributed by atoms with E-state index in [1.807, 2.05) is 6.08 Å². The molecule has 0 spiro atoms. The first kappa shape index (κ1) is 8.07. The van der Waals surface area contributed by atoms with Crippen LogP contribution in [0.1, 0.15) is 20.3 Å². The van der Waals surface area contributed by atoms with Gasteiger partial charge in [-0.25, -0.2) is 0 Å². The van der Waals surface area contributed by atoms with Gasteiger partial charge in [0.2, 0.25) is 0 Å². The molecule has 0 bridgehead atoms. The molecule has 1 atom stereocenters. The molecule has 1 heteroatoms. The van der Waals surface area contributed by atoms with Gasteiger partial charge in [-0.3, -0.25) is 0 Å². The van der Waals surface area contributed by atoms with E-state index in [0.29, 0.717) is 5.92 Å². The Hall–Kier alpha value is -1.03. The fraction of sp³-hybridized carbons (Fsp3) is 0.500. The summed E-state index contributed by atoms with van der Waals surface area (Å²) in [6, 6.07) is 2.23. The molecule has 0 N–H and O–H groups in total. The summed E-state index contributed by atoms with van der Waals surface area (Å²) in [5, 5.41) is 8.59. The molecule has 0 radical (unpaired) electrons. The van der Waals surface area contributed by atoms with Crippen molar-refractivity contribution in [3.8, 4) is 6.07 Å². The lowest BCUT2D eigenvalue weighted by Crippen LogP contribution is -2.00. The first-order chi connectivity index (χ1) is 5.24. The first-order valence-electron chi connectivity index (χ1n) is 4.02. The maximum atomic E-state index is 8.59. The standard InChI is InChI=1S/C10H13N/c1-8(2)10-5-3-9(7-11)4-6-10/h3,5-6,8-9H,4H2,1-2H3. The van der Waals surface area contributed by atoms with E-state index < -0.39 is 0 Å². The van der Waals surface area contributed by atoms with E-state index in [1.165, 1.54) is 5.57 Å². The largest absolute Gasteiger partial charge is 0.198 e. The molecule has 1 rings (SSSR count). The second-order valence-electron chi connectivity index (χ2n) is 3.19. The van der Waals surface area contributed by atoms with Gasteiger partial charge in [0.05, 0.1) is 12.0 Å². The molecule has 1 aliphatic rings. The molecule has 11 heavy (non-hydrogen) atoms. The molecule has 0 aromatic carbocycles. The van der Waals surface area contributed by atoms with Gasteiger partial charge in [0, 0.05) is 0 Å². The van der Waals surface area contributed by atoms with Crippen molar-refractivity contribution in [3.05, 3.63) is 23.8 Å². The average Bonchev–Trinajstić information content (AvgIpc) is 2.05. The van der Waals surface area contributed by atoms with Gasteiger partial charge < -0.3 is 0 Å². The number of nitriles is 1. The monoisotopic (exact) mass is 147 g/mol. The molecule has 1 unspecified atom stereocenters. The molecule has 0 aromatic rings. The lowest BCUT2D eigenvalue weighted by molar-refractivity contribution is 0.745. The molecule has 0 amide bonds. The van der Waals surface area contributed by atoms with Crippen molar-refractivity contribution in [1.29, 1.82) is 5.26 Å². The third-order valence-corrected chi connectivity index (χ3v) is 1.96. The summed E-state index contributed by atoms with van der Waals surface area (Å²) in [7, 11) is 0. The molecular weight excluding hydrogens is 134 g/mol. The van der Waals surface area contributed by atoms with Crippen LogP contribution in [0.25, 0.3) is 0 Å². The van der Waals surface area contributed by atoms with Crippen LogP contribution in [0.5, 0.6) is 0 Å². The molecule has 58 valence electrons. The highest BCUT2D eigenvalue weighted by Crippen LogP contribution is 2.20. The van der Waals surface area contributed by atoms with E-state index in [1.54, 1.807) is 0 Å².